The lowest BCUT2D eigenvalue weighted by atomic mass is 10.2. The van der Waals surface area contributed by atoms with Crippen LogP contribution in [0.3, 0.4) is 0 Å². The summed E-state index contributed by atoms with van der Waals surface area (Å²) in [7, 11) is 0. The fourth-order valence-corrected chi connectivity index (χ4v) is 1.71. The molecule has 1 aromatic heterocycles. The van der Waals surface area contributed by atoms with Crippen LogP contribution in [0, 0.1) is 0 Å². The van der Waals surface area contributed by atoms with Crippen molar-refractivity contribution in [3.8, 4) is 0 Å². The van der Waals surface area contributed by atoms with Crippen LogP contribution in [0.5, 0.6) is 0 Å². The third-order valence-corrected chi connectivity index (χ3v) is 2.67. The minimum atomic E-state index is 0.367. The van der Waals surface area contributed by atoms with E-state index in [0.29, 0.717) is 37.2 Å². The number of benzene rings is 1. The topological polar surface area (TPSA) is 85.1 Å². The van der Waals surface area contributed by atoms with E-state index in [-0.39, 0.29) is 0 Å². The molecule has 0 radical (unpaired) electrons. The average molecular weight is 273 g/mol. The van der Waals surface area contributed by atoms with E-state index in [1.54, 1.807) is 6.07 Å². The van der Waals surface area contributed by atoms with Gasteiger partial charge in [0.2, 0.25) is 0 Å². The number of nitrogen functional groups attached to an aromatic ring is 1. The van der Waals surface area contributed by atoms with Gasteiger partial charge in [-0.25, -0.2) is 15.8 Å². The van der Waals surface area contributed by atoms with Crippen LogP contribution in [0.15, 0.2) is 36.4 Å². The molecule has 0 atom stereocenters. The molecule has 6 heteroatoms. The Morgan fingerprint density at radius 1 is 1.15 bits per heavy atom. The summed E-state index contributed by atoms with van der Waals surface area (Å²) < 4.78 is 5.32. The number of hydrogen-bond donors (Lipinski definition) is 3. The smallest absolute Gasteiger partial charge is 0.158 e. The highest BCUT2D eigenvalue weighted by atomic mass is 16.5. The fraction of sp³-hybridized carbons (Fsp3) is 0.286. The Morgan fingerprint density at radius 2 is 1.90 bits per heavy atom. The number of anilines is 2. The molecule has 0 aliphatic rings. The predicted octanol–water partition coefficient (Wildman–Crippen LogP) is 1.91. The summed E-state index contributed by atoms with van der Waals surface area (Å²) in [5, 5.41) is 3.25. The van der Waals surface area contributed by atoms with Gasteiger partial charge in [-0.15, -0.1) is 0 Å². The zero-order valence-electron chi connectivity index (χ0n) is 11.5. The standard InChI is InChI=1S/C14H19N5O/c1-2-20-10-14-17-12(8-13(18-14)19-15)16-9-11-6-4-3-5-7-11/h3-8H,2,9-10,15H2,1H3,(H2,16,17,18,19). The molecule has 4 N–H and O–H groups in total. The number of rotatable bonds is 7. The van der Waals surface area contributed by atoms with Gasteiger partial charge < -0.3 is 15.5 Å². The van der Waals surface area contributed by atoms with Crippen LogP contribution < -0.4 is 16.6 Å². The molecule has 20 heavy (non-hydrogen) atoms. The third kappa shape index (κ3) is 4.18. The van der Waals surface area contributed by atoms with Gasteiger partial charge in [0.15, 0.2) is 5.82 Å². The molecule has 1 aromatic carbocycles. The van der Waals surface area contributed by atoms with Crippen LogP contribution in [-0.4, -0.2) is 16.6 Å². The predicted molar refractivity (Wildman–Crippen MR) is 78.9 cm³/mol. The Morgan fingerprint density at radius 3 is 2.60 bits per heavy atom. The summed E-state index contributed by atoms with van der Waals surface area (Å²) in [5.74, 6) is 7.28. The molecule has 0 amide bonds. The maximum absolute atomic E-state index is 5.41. The maximum Gasteiger partial charge on any atom is 0.158 e. The van der Waals surface area contributed by atoms with E-state index in [1.807, 2.05) is 25.1 Å². The van der Waals surface area contributed by atoms with E-state index in [1.165, 1.54) is 5.56 Å². The molecule has 0 saturated carbocycles. The lowest BCUT2D eigenvalue weighted by Crippen LogP contribution is -2.13. The summed E-state index contributed by atoms with van der Waals surface area (Å²) in [4.78, 5) is 8.62. The van der Waals surface area contributed by atoms with Gasteiger partial charge in [-0.05, 0) is 12.5 Å². The monoisotopic (exact) mass is 273 g/mol. The van der Waals surface area contributed by atoms with Gasteiger partial charge in [-0.1, -0.05) is 30.3 Å². The number of hydrazine groups is 1. The maximum atomic E-state index is 5.41. The zero-order chi connectivity index (χ0) is 14.2. The summed E-state index contributed by atoms with van der Waals surface area (Å²) in [6, 6.07) is 11.9. The number of nitrogens with one attached hydrogen (secondary N) is 2. The third-order valence-electron chi connectivity index (χ3n) is 2.67. The van der Waals surface area contributed by atoms with Gasteiger partial charge in [-0.3, -0.25) is 0 Å². The first-order chi connectivity index (χ1) is 9.81. The molecule has 0 saturated heterocycles. The Balaban J connectivity index is 2.06. The number of nitrogens with two attached hydrogens (primary N) is 1. The number of hydrogen-bond acceptors (Lipinski definition) is 6. The lowest BCUT2D eigenvalue weighted by molar-refractivity contribution is 0.128. The van der Waals surface area contributed by atoms with Crippen molar-refractivity contribution in [3.63, 3.8) is 0 Å². The Hall–Kier alpha value is -2.18. The largest absolute Gasteiger partial charge is 0.374 e. The lowest BCUT2D eigenvalue weighted by Gasteiger charge is -2.10. The molecule has 0 unspecified atom stereocenters. The minimum absolute atomic E-state index is 0.367. The molecule has 2 rings (SSSR count). The van der Waals surface area contributed by atoms with Crippen molar-refractivity contribution in [1.82, 2.24) is 9.97 Å². The van der Waals surface area contributed by atoms with Crippen LogP contribution >= 0.6 is 0 Å². The first-order valence-corrected chi connectivity index (χ1v) is 6.52. The molecule has 1 heterocycles. The number of ether oxygens (including phenoxy) is 1. The number of nitrogens with zero attached hydrogens (tertiary/aromatic N) is 2. The second-order valence-corrected chi connectivity index (χ2v) is 4.18. The molecule has 0 aliphatic carbocycles. The SMILES string of the molecule is CCOCc1nc(NN)cc(NCc2ccccc2)n1. The van der Waals surface area contributed by atoms with Crippen molar-refractivity contribution < 1.29 is 4.74 Å². The van der Waals surface area contributed by atoms with Crippen molar-refractivity contribution in [1.29, 1.82) is 0 Å². The van der Waals surface area contributed by atoms with Crippen molar-refractivity contribution in [3.05, 3.63) is 47.8 Å². The molecule has 6 nitrogen and oxygen atoms in total. The molecular formula is C14H19N5O. The van der Waals surface area contributed by atoms with E-state index in [4.69, 9.17) is 10.6 Å². The molecule has 106 valence electrons. The van der Waals surface area contributed by atoms with Crippen molar-refractivity contribution in [2.45, 2.75) is 20.1 Å². The molecule has 0 spiro atoms. The second-order valence-electron chi connectivity index (χ2n) is 4.18. The first-order valence-electron chi connectivity index (χ1n) is 6.52. The summed E-state index contributed by atoms with van der Waals surface area (Å²) in [5.41, 5.74) is 3.72. The molecule has 0 fully saturated rings. The van der Waals surface area contributed by atoms with Gasteiger partial charge in [0.25, 0.3) is 0 Å². The van der Waals surface area contributed by atoms with E-state index in [2.05, 4.69) is 32.8 Å². The van der Waals surface area contributed by atoms with E-state index in [0.717, 1.165) is 0 Å². The van der Waals surface area contributed by atoms with Crippen LogP contribution in [0.2, 0.25) is 0 Å². The first kappa shape index (κ1) is 14.2. The summed E-state index contributed by atoms with van der Waals surface area (Å²) in [6.07, 6.45) is 0. The van der Waals surface area contributed by atoms with Gasteiger partial charge in [0, 0.05) is 19.2 Å². The minimum Gasteiger partial charge on any atom is -0.374 e. The van der Waals surface area contributed by atoms with Crippen LogP contribution in [-0.2, 0) is 17.9 Å². The van der Waals surface area contributed by atoms with Crippen molar-refractivity contribution in [2.75, 3.05) is 17.3 Å². The van der Waals surface area contributed by atoms with E-state index < -0.39 is 0 Å². The van der Waals surface area contributed by atoms with Gasteiger partial charge in [0.1, 0.15) is 18.2 Å². The molecular weight excluding hydrogens is 254 g/mol. The quantitative estimate of drug-likeness (QED) is 0.528. The highest BCUT2D eigenvalue weighted by Gasteiger charge is 2.04. The van der Waals surface area contributed by atoms with Crippen LogP contribution in [0.25, 0.3) is 0 Å². The zero-order valence-corrected chi connectivity index (χ0v) is 11.5. The van der Waals surface area contributed by atoms with E-state index >= 15 is 0 Å². The Kier molecular flexibility index (Phi) is 5.28. The Bertz CT molecular complexity index is 532. The van der Waals surface area contributed by atoms with E-state index in [9.17, 15) is 0 Å². The van der Waals surface area contributed by atoms with Crippen LogP contribution in [0.4, 0.5) is 11.6 Å². The average Bonchev–Trinajstić information content (AvgIpc) is 2.51. The van der Waals surface area contributed by atoms with Crippen molar-refractivity contribution in [2.24, 2.45) is 5.84 Å². The highest BCUT2D eigenvalue weighted by molar-refractivity contribution is 5.47. The van der Waals surface area contributed by atoms with Gasteiger partial charge >= 0.3 is 0 Å². The van der Waals surface area contributed by atoms with Gasteiger partial charge in [-0.2, -0.15) is 0 Å². The summed E-state index contributed by atoms with van der Waals surface area (Å²) >= 11 is 0. The highest BCUT2D eigenvalue weighted by Crippen LogP contribution is 2.12. The van der Waals surface area contributed by atoms with Crippen LogP contribution in [0.1, 0.15) is 18.3 Å². The fourth-order valence-electron chi connectivity index (χ4n) is 1.71. The normalized spacial score (nSPS) is 10.3. The Labute approximate surface area is 118 Å². The molecule has 2 aromatic rings. The molecule has 0 aliphatic heterocycles. The van der Waals surface area contributed by atoms with Crippen molar-refractivity contribution >= 4 is 11.6 Å². The summed E-state index contributed by atoms with van der Waals surface area (Å²) in [6.45, 7) is 3.61. The van der Waals surface area contributed by atoms with Gasteiger partial charge in [0.05, 0.1) is 0 Å². The number of aromatic nitrogens is 2. The molecule has 0 bridgehead atoms. The second kappa shape index (κ2) is 7.42.